The highest BCUT2D eigenvalue weighted by molar-refractivity contribution is 5.41. The zero-order valence-electron chi connectivity index (χ0n) is 10.3. The van der Waals surface area contributed by atoms with E-state index in [1.165, 1.54) is 12.5 Å². The summed E-state index contributed by atoms with van der Waals surface area (Å²) in [4.78, 5) is 6.24. The Bertz CT molecular complexity index is 369. The Morgan fingerprint density at radius 1 is 1.53 bits per heavy atom. The van der Waals surface area contributed by atoms with Gasteiger partial charge in [-0.2, -0.15) is 0 Å². The zero-order valence-corrected chi connectivity index (χ0v) is 10.3. The molecule has 0 aromatic carbocycles. The first-order valence-corrected chi connectivity index (χ1v) is 6.35. The molecule has 0 spiro atoms. The fourth-order valence-corrected chi connectivity index (χ4v) is 2.83. The Balaban J connectivity index is 2.24. The average Bonchev–Trinajstić information content (AvgIpc) is 2.81. The minimum Gasteiger partial charge on any atom is -0.351 e. The van der Waals surface area contributed by atoms with E-state index in [1.54, 1.807) is 12.3 Å². The van der Waals surface area contributed by atoms with Crippen LogP contribution in [0.1, 0.15) is 26.2 Å². The van der Waals surface area contributed by atoms with Crippen molar-refractivity contribution in [2.75, 3.05) is 18.0 Å². The Hall–Kier alpha value is -1.16. The number of hydrogen-bond acceptors (Lipinski definition) is 3. The van der Waals surface area contributed by atoms with Gasteiger partial charge >= 0.3 is 0 Å². The minimum absolute atomic E-state index is 0.239. The van der Waals surface area contributed by atoms with Crippen molar-refractivity contribution < 1.29 is 4.39 Å². The third kappa shape index (κ3) is 2.41. The van der Waals surface area contributed by atoms with Crippen LogP contribution < -0.4 is 10.6 Å². The highest BCUT2D eigenvalue weighted by Gasteiger charge is 2.32. The number of anilines is 1. The van der Waals surface area contributed by atoms with Crippen LogP contribution in [0, 0.1) is 11.7 Å². The molecule has 2 N–H and O–H groups in total. The molecule has 2 unspecified atom stereocenters. The number of hydrogen-bond donors (Lipinski definition) is 1. The molecule has 2 rings (SSSR count). The van der Waals surface area contributed by atoms with E-state index in [-0.39, 0.29) is 5.82 Å². The monoisotopic (exact) mass is 237 g/mol. The summed E-state index contributed by atoms with van der Waals surface area (Å²) in [5.41, 5.74) is 5.79. The summed E-state index contributed by atoms with van der Waals surface area (Å²) in [5, 5.41) is 0. The number of rotatable bonds is 4. The van der Waals surface area contributed by atoms with Crippen LogP contribution in [0.15, 0.2) is 18.3 Å². The Labute approximate surface area is 102 Å². The fraction of sp³-hybridized carbons (Fsp3) is 0.615. The van der Waals surface area contributed by atoms with Gasteiger partial charge in [0.2, 0.25) is 0 Å². The predicted octanol–water partition coefficient (Wildman–Crippen LogP) is 2.17. The van der Waals surface area contributed by atoms with Gasteiger partial charge in [-0.3, -0.25) is 0 Å². The molecule has 0 radical (unpaired) electrons. The van der Waals surface area contributed by atoms with Gasteiger partial charge in [0.05, 0.1) is 0 Å². The van der Waals surface area contributed by atoms with Crippen molar-refractivity contribution in [3.8, 4) is 0 Å². The van der Waals surface area contributed by atoms with Gasteiger partial charge in [0.1, 0.15) is 0 Å². The van der Waals surface area contributed by atoms with Crippen molar-refractivity contribution in [3.05, 3.63) is 24.1 Å². The topological polar surface area (TPSA) is 42.2 Å². The molecule has 17 heavy (non-hydrogen) atoms. The molecule has 0 aliphatic heterocycles. The van der Waals surface area contributed by atoms with Gasteiger partial charge in [-0.1, -0.05) is 6.42 Å². The van der Waals surface area contributed by atoms with Crippen LogP contribution in [-0.2, 0) is 0 Å². The Kier molecular flexibility index (Phi) is 3.94. The number of nitrogens with two attached hydrogens (primary N) is 1. The summed E-state index contributed by atoms with van der Waals surface area (Å²) in [5.74, 6) is 0.703. The second-order valence-corrected chi connectivity index (χ2v) is 4.59. The Morgan fingerprint density at radius 2 is 2.35 bits per heavy atom. The molecule has 0 saturated heterocycles. The van der Waals surface area contributed by atoms with Gasteiger partial charge in [-0.15, -0.1) is 0 Å². The van der Waals surface area contributed by atoms with Crippen LogP contribution in [0.3, 0.4) is 0 Å². The lowest BCUT2D eigenvalue weighted by Gasteiger charge is -2.32. The SMILES string of the molecule is CCN(c1ncccc1F)C1CCCC1CN. The third-order valence-electron chi connectivity index (χ3n) is 3.67. The highest BCUT2D eigenvalue weighted by atomic mass is 19.1. The number of nitrogens with zero attached hydrogens (tertiary/aromatic N) is 2. The molecule has 1 aromatic rings. The second kappa shape index (κ2) is 5.45. The van der Waals surface area contributed by atoms with Crippen molar-refractivity contribution in [1.29, 1.82) is 0 Å². The molecule has 3 nitrogen and oxygen atoms in total. The molecular formula is C13H20FN3. The lowest BCUT2D eigenvalue weighted by atomic mass is 10.0. The van der Waals surface area contributed by atoms with E-state index in [9.17, 15) is 4.39 Å². The smallest absolute Gasteiger partial charge is 0.165 e. The minimum atomic E-state index is -0.239. The molecule has 1 fully saturated rings. The summed E-state index contributed by atoms with van der Waals surface area (Å²) in [6.45, 7) is 3.49. The van der Waals surface area contributed by atoms with E-state index < -0.39 is 0 Å². The molecular weight excluding hydrogens is 217 g/mol. The van der Waals surface area contributed by atoms with Gasteiger partial charge in [0, 0.05) is 18.8 Å². The van der Waals surface area contributed by atoms with Crippen LogP contribution in [0.4, 0.5) is 10.2 Å². The summed E-state index contributed by atoms with van der Waals surface area (Å²) in [6, 6.07) is 3.44. The second-order valence-electron chi connectivity index (χ2n) is 4.59. The molecule has 0 bridgehead atoms. The van der Waals surface area contributed by atoms with Crippen LogP contribution in [-0.4, -0.2) is 24.1 Å². The normalized spacial score (nSPS) is 23.9. The lowest BCUT2D eigenvalue weighted by Crippen LogP contribution is -2.41. The highest BCUT2D eigenvalue weighted by Crippen LogP contribution is 2.32. The number of pyridine rings is 1. The van der Waals surface area contributed by atoms with Crippen LogP contribution in [0.5, 0.6) is 0 Å². The molecule has 4 heteroatoms. The van der Waals surface area contributed by atoms with Gasteiger partial charge in [-0.25, -0.2) is 9.37 Å². The van der Waals surface area contributed by atoms with Crippen molar-refractivity contribution in [2.24, 2.45) is 11.7 Å². The third-order valence-corrected chi connectivity index (χ3v) is 3.67. The Morgan fingerprint density at radius 3 is 3.00 bits per heavy atom. The van der Waals surface area contributed by atoms with E-state index in [2.05, 4.69) is 9.88 Å². The summed E-state index contributed by atoms with van der Waals surface area (Å²) < 4.78 is 13.8. The fourth-order valence-electron chi connectivity index (χ4n) is 2.83. The molecule has 2 atom stereocenters. The first-order valence-electron chi connectivity index (χ1n) is 6.35. The average molecular weight is 237 g/mol. The number of halogens is 1. The van der Waals surface area contributed by atoms with Crippen LogP contribution >= 0.6 is 0 Å². The van der Waals surface area contributed by atoms with Crippen molar-refractivity contribution in [2.45, 2.75) is 32.2 Å². The van der Waals surface area contributed by atoms with E-state index in [1.807, 2.05) is 6.92 Å². The first-order chi connectivity index (χ1) is 8.27. The van der Waals surface area contributed by atoms with Crippen molar-refractivity contribution >= 4 is 5.82 Å². The van der Waals surface area contributed by atoms with Crippen molar-refractivity contribution in [1.82, 2.24) is 4.98 Å². The van der Waals surface area contributed by atoms with E-state index >= 15 is 0 Å². The predicted molar refractivity (Wildman–Crippen MR) is 67.4 cm³/mol. The van der Waals surface area contributed by atoms with Crippen molar-refractivity contribution in [3.63, 3.8) is 0 Å². The van der Waals surface area contributed by atoms with Gasteiger partial charge in [-0.05, 0) is 44.4 Å². The largest absolute Gasteiger partial charge is 0.351 e. The maximum absolute atomic E-state index is 13.8. The lowest BCUT2D eigenvalue weighted by molar-refractivity contribution is 0.453. The molecule has 1 heterocycles. The molecule has 0 amide bonds. The maximum Gasteiger partial charge on any atom is 0.165 e. The summed E-state index contributed by atoms with van der Waals surface area (Å²) >= 11 is 0. The molecule has 94 valence electrons. The summed E-state index contributed by atoms with van der Waals surface area (Å²) in [6.07, 6.45) is 5.06. The molecule has 1 aliphatic carbocycles. The molecule has 1 aromatic heterocycles. The quantitative estimate of drug-likeness (QED) is 0.872. The van der Waals surface area contributed by atoms with Gasteiger partial charge in [0.25, 0.3) is 0 Å². The zero-order chi connectivity index (χ0) is 12.3. The van der Waals surface area contributed by atoms with Gasteiger partial charge in [0.15, 0.2) is 11.6 Å². The van der Waals surface area contributed by atoms with Gasteiger partial charge < -0.3 is 10.6 Å². The first kappa shape index (κ1) is 12.3. The maximum atomic E-state index is 13.8. The standard InChI is InChI=1S/C13H20FN3/c1-2-17(12-7-3-5-10(12)9-15)13-11(14)6-4-8-16-13/h4,6,8,10,12H,2-3,5,7,9,15H2,1H3. The van der Waals surface area contributed by atoms with Crippen LogP contribution in [0.2, 0.25) is 0 Å². The number of aromatic nitrogens is 1. The molecule has 1 saturated carbocycles. The molecule has 1 aliphatic rings. The van der Waals surface area contributed by atoms with E-state index in [0.717, 1.165) is 19.4 Å². The summed E-state index contributed by atoms with van der Waals surface area (Å²) in [7, 11) is 0. The van der Waals surface area contributed by atoms with E-state index in [0.29, 0.717) is 24.3 Å². The van der Waals surface area contributed by atoms with Crippen LogP contribution in [0.25, 0.3) is 0 Å². The van der Waals surface area contributed by atoms with E-state index in [4.69, 9.17) is 5.73 Å².